The number of nitrogens with one attached hydrogen (secondary N) is 2. The minimum atomic E-state index is -1.23. The number of hydrogen-bond donors (Lipinski definition) is 2. The van der Waals surface area contributed by atoms with Crippen LogP contribution in [0.25, 0.3) is 0 Å². The van der Waals surface area contributed by atoms with Gasteiger partial charge in [-0.3, -0.25) is 9.59 Å². The summed E-state index contributed by atoms with van der Waals surface area (Å²) in [6.07, 6.45) is 1.09. The van der Waals surface area contributed by atoms with Gasteiger partial charge in [0.1, 0.15) is 12.6 Å². The molecule has 0 saturated carbocycles. The second-order valence-corrected chi connectivity index (χ2v) is 14.2. The van der Waals surface area contributed by atoms with Gasteiger partial charge in [-0.25, -0.2) is 14.4 Å². The van der Waals surface area contributed by atoms with E-state index in [2.05, 4.69) is 10.6 Å². The smallest absolute Gasteiger partial charge is 0.407 e. The number of rotatable bonds is 23. The maximum atomic E-state index is 12.9. The number of unbranched alkanes of at least 4 members (excludes halogenated alkanes) is 1. The second-order valence-electron chi connectivity index (χ2n) is 14.2. The highest BCUT2D eigenvalue weighted by atomic mass is 16.7. The molecule has 15 nitrogen and oxygen atoms in total. The van der Waals surface area contributed by atoms with Gasteiger partial charge in [0.05, 0.1) is 42.2 Å². The van der Waals surface area contributed by atoms with Gasteiger partial charge in [-0.15, -0.1) is 5.06 Å². The van der Waals surface area contributed by atoms with E-state index in [4.69, 9.17) is 33.3 Å². The second kappa shape index (κ2) is 19.9. The Labute approximate surface area is 285 Å². The fraction of sp³-hybridized carbons (Fsp3) is 0.848. The zero-order chi connectivity index (χ0) is 36.6. The number of carbonyl (C=O) groups is 5. The predicted molar refractivity (Wildman–Crippen MR) is 175 cm³/mol. The average Bonchev–Trinajstić information content (AvgIpc) is 3.30. The van der Waals surface area contributed by atoms with E-state index >= 15 is 0 Å². The summed E-state index contributed by atoms with van der Waals surface area (Å²) in [5.74, 6) is -2.27. The lowest BCUT2D eigenvalue weighted by Gasteiger charge is -2.28. The lowest BCUT2D eigenvalue weighted by Crippen LogP contribution is -2.46. The fourth-order valence-corrected chi connectivity index (χ4v) is 4.05. The summed E-state index contributed by atoms with van der Waals surface area (Å²) < 4.78 is 33.2. The SMILES string of the molecule is COC(C)(C)CCOC(C)(C)CCOC(=O)NCCCCC(NC(=O)OCC(C)(C)OCCC(C)(C)OC)C(=O)ON1C(=O)CCC1=O. The van der Waals surface area contributed by atoms with Crippen LogP contribution in [0.15, 0.2) is 0 Å². The van der Waals surface area contributed by atoms with Crippen molar-refractivity contribution in [3.63, 3.8) is 0 Å². The van der Waals surface area contributed by atoms with Gasteiger partial charge in [-0.05, 0) is 87.5 Å². The van der Waals surface area contributed by atoms with Gasteiger partial charge < -0.3 is 43.9 Å². The first kappa shape index (κ1) is 43.0. The van der Waals surface area contributed by atoms with Crippen LogP contribution in [-0.2, 0) is 47.6 Å². The number of nitrogens with zero attached hydrogens (tertiary/aromatic N) is 1. The zero-order valence-electron chi connectivity index (χ0n) is 30.6. The molecule has 0 aromatic rings. The molecular formula is C33H59N3O12. The Balaban J connectivity index is 2.55. The third-order valence-electron chi connectivity index (χ3n) is 7.94. The van der Waals surface area contributed by atoms with Crippen molar-refractivity contribution in [3.8, 4) is 0 Å². The Morgan fingerprint density at radius 1 is 0.708 bits per heavy atom. The molecule has 15 heteroatoms. The molecule has 0 bridgehead atoms. The Morgan fingerprint density at radius 3 is 1.77 bits per heavy atom. The highest BCUT2D eigenvalue weighted by molar-refractivity contribution is 6.01. The highest BCUT2D eigenvalue weighted by Gasteiger charge is 2.35. The number of amides is 4. The maximum absolute atomic E-state index is 12.9. The normalized spacial score (nSPS) is 14.9. The largest absolute Gasteiger partial charge is 0.449 e. The summed E-state index contributed by atoms with van der Waals surface area (Å²) in [6, 6.07) is -1.23. The summed E-state index contributed by atoms with van der Waals surface area (Å²) in [5, 5.41) is 5.53. The van der Waals surface area contributed by atoms with Crippen LogP contribution in [0.3, 0.4) is 0 Å². The molecule has 2 N–H and O–H groups in total. The number of hydroxylamine groups is 2. The average molecular weight is 690 g/mol. The Kier molecular flexibility index (Phi) is 17.8. The summed E-state index contributed by atoms with van der Waals surface area (Å²) in [4.78, 5) is 66.7. The Morgan fingerprint density at radius 2 is 1.23 bits per heavy atom. The van der Waals surface area contributed by atoms with E-state index < -0.39 is 47.2 Å². The molecule has 1 rings (SSSR count). The van der Waals surface area contributed by atoms with Crippen molar-refractivity contribution in [2.45, 2.75) is 135 Å². The quantitative estimate of drug-likeness (QED) is 0.116. The number of ether oxygens (including phenoxy) is 6. The number of carbonyl (C=O) groups excluding carboxylic acids is 5. The van der Waals surface area contributed by atoms with E-state index in [9.17, 15) is 24.0 Å². The standard InChI is InChI=1S/C33H59N3O12/c1-30(2,42-9)17-21-46-32(5,6)16-20-44-28(40)34-19-12-11-13-24(27(39)48-36-25(37)14-15-26(36)38)35-29(41)45-23-33(7,8)47-22-18-31(3,4)43-10/h24H,11-23H2,1-10H3,(H,34,40)(H,35,41). The highest BCUT2D eigenvalue weighted by Crippen LogP contribution is 2.20. The molecule has 1 unspecified atom stereocenters. The number of methoxy groups -OCH3 is 2. The number of imide groups is 1. The molecule has 4 amide bonds. The van der Waals surface area contributed by atoms with E-state index in [1.807, 2.05) is 41.5 Å². The monoisotopic (exact) mass is 689 g/mol. The lowest BCUT2D eigenvalue weighted by molar-refractivity contribution is -0.199. The van der Waals surface area contributed by atoms with E-state index in [1.165, 1.54) is 0 Å². The van der Waals surface area contributed by atoms with E-state index in [0.717, 1.165) is 6.42 Å². The summed E-state index contributed by atoms with van der Waals surface area (Å²) in [6.45, 7) is 16.4. The molecule has 0 aromatic carbocycles. The van der Waals surface area contributed by atoms with Crippen LogP contribution < -0.4 is 10.6 Å². The van der Waals surface area contributed by atoms with Crippen molar-refractivity contribution in [1.29, 1.82) is 0 Å². The molecule has 278 valence electrons. The molecule has 0 spiro atoms. The van der Waals surface area contributed by atoms with Gasteiger partial charge in [0.15, 0.2) is 0 Å². The van der Waals surface area contributed by atoms with Crippen molar-refractivity contribution >= 4 is 30.0 Å². The first-order valence-corrected chi connectivity index (χ1v) is 16.5. The molecule has 48 heavy (non-hydrogen) atoms. The number of alkyl carbamates (subject to hydrolysis) is 2. The van der Waals surface area contributed by atoms with Gasteiger partial charge in [0.2, 0.25) is 0 Å². The maximum Gasteiger partial charge on any atom is 0.407 e. The molecule has 1 aliphatic heterocycles. The van der Waals surface area contributed by atoms with Crippen LogP contribution in [0.1, 0.15) is 107 Å². The van der Waals surface area contributed by atoms with Crippen LogP contribution in [0.5, 0.6) is 0 Å². The van der Waals surface area contributed by atoms with Crippen LogP contribution in [0.2, 0.25) is 0 Å². The molecule has 1 heterocycles. The van der Waals surface area contributed by atoms with E-state index in [0.29, 0.717) is 44.0 Å². The predicted octanol–water partition coefficient (Wildman–Crippen LogP) is 4.20. The van der Waals surface area contributed by atoms with Gasteiger partial charge in [-0.1, -0.05) is 0 Å². The fourth-order valence-electron chi connectivity index (χ4n) is 4.05. The van der Waals surface area contributed by atoms with Crippen molar-refractivity contribution in [1.82, 2.24) is 15.7 Å². The Bertz CT molecular complexity index is 1040. The lowest BCUT2D eigenvalue weighted by atomic mass is 10.0. The minimum absolute atomic E-state index is 0.0675. The van der Waals surface area contributed by atoms with Crippen molar-refractivity contribution in [2.75, 3.05) is 47.2 Å². The summed E-state index contributed by atoms with van der Waals surface area (Å²) >= 11 is 0. The van der Waals surface area contributed by atoms with E-state index in [1.54, 1.807) is 28.1 Å². The molecule has 1 atom stereocenters. The van der Waals surface area contributed by atoms with Crippen LogP contribution in [0.4, 0.5) is 9.59 Å². The first-order chi connectivity index (χ1) is 22.2. The molecule has 0 radical (unpaired) electrons. The molecule has 1 aliphatic rings. The van der Waals surface area contributed by atoms with Crippen LogP contribution >= 0.6 is 0 Å². The van der Waals surface area contributed by atoms with Gasteiger partial charge in [-0.2, -0.15) is 0 Å². The molecule has 0 aliphatic carbocycles. The molecule has 1 saturated heterocycles. The molecule has 0 aromatic heterocycles. The Hall–Kier alpha value is -3.01. The van der Waals surface area contributed by atoms with E-state index in [-0.39, 0.29) is 50.2 Å². The molecule has 1 fully saturated rings. The van der Waals surface area contributed by atoms with Crippen molar-refractivity contribution in [3.05, 3.63) is 0 Å². The third kappa shape index (κ3) is 17.9. The third-order valence-corrected chi connectivity index (χ3v) is 7.94. The van der Waals surface area contributed by atoms with Gasteiger partial charge >= 0.3 is 18.2 Å². The van der Waals surface area contributed by atoms with Crippen LogP contribution in [-0.4, -0.2) is 111 Å². The summed E-state index contributed by atoms with van der Waals surface area (Å²) in [5.41, 5.74) is -1.97. The van der Waals surface area contributed by atoms with Crippen molar-refractivity contribution < 1.29 is 57.2 Å². The van der Waals surface area contributed by atoms with Crippen molar-refractivity contribution in [2.24, 2.45) is 0 Å². The first-order valence-electron chi connectivity index (χ1n) is 16.5. The molecular weight excluding hydrogens is 630 g/mol. The van der Waals surface area contributed by atoms with Gasteiger partial charge in [0, 0.05) is 40.0 Å². The zero-order valence-corrected chi connectivity index (χ0v) is 30.6. The number of hydrogen-bond acceptors (Lipinski definition) is 12. The topological polar surface area (TPSA) is 177 Å². The van der Waals surface area contributed by atoms with Gasteiger partial charge in [0.25, 0.3) is 11.8 Å². The summed E-state index contributed by atoms with van der Waals surface area (Å²) in [7, 11) is 3.28. The van der Waals surface area contributed by atoms with Crippen LogP contribution in [0, 0.1) is 0 Å². The minimum Gasteiger partial charge on any atom is -0.449 e.